The Bertz CT molecular complexity index is 759. The Morgan fingerprint density at radius 3 is 2.66 bits per heavy atom. The van der Waals surface area contributed by atoms with Gasteiger partial charge in [0, 0.05) is 49.7 Å². The summed E-state index contributed by atoms with van der Waals surface area (Å²) in [6.45, 7) is 6.41. The molecule has 2 N–H and O–H groups in total. The molecule has 1 aromatic heterocycles. The maximum atomic E-state index is 5.92. The van der Waals surface area contributed by atoms with Crippen molar-refractivity contribution < 1.29 is 4.52 Å². The zero-order chi connectivity index (χ0) is 19.8. The van der Waals surface area contributed by atoms with Crippen LogP contribution in [0.4, 0.5) is 0 Å². The summed E-state index contributed by atoms with van der Waals surface area (Å²) >= 11 is 5.92. The molecule has 1 aromatic carbocycles. The molecule has 0 radical (unpaired) electrons. The van der Waals surface area contributed by atoms with Crippen LogP contribution in [-0.4, -0.2) is 60.3 Å². The molecule has 1 saturated heterocycles. The molecule has 3 rings (SSSR count). The van der Waals surface area contributed by atoms with Crippen LogP contribution in [0.5, 0.6) is 0 Å². The van der Waals surface area contributed by atoms with Crippen LogP contribution >= 0.6 is 35.6 Å². The molecule has 2 heterocycles. The molecule has 1 aliphatic rings. The highest BCUT2D eigenvalue weighted by molar-refractivity contribution is 14.0. The molecule has 0 unspecified atom stereocenters. The first-order chi connectivity index (χ1) is 13.7. The van der Waals surface area contributed by atoms with E-state index >= 15 is 0 Å². The van der Waals surface area contributed by atoms with E-state index in [2.05, 4.69) is 37.6 Å². The van der Waals surface area contributed by atoms with Crippen LogP contribution < -0.4 is 10.6 Å². The molecular weight excluding hydrogens is 503 g/mol. The van der Waals surface area contributed by atoms with Gasteiger partial charge in [-0.15, -0.1) is 24.0 Å². The van der Waals surface area contributed by atoms with Crippen molar-refractivity contribution in [3.63, 3.8) is 0 Å². The minimum absolute atomic E-state index is 0. The molecule has 0 bridgehead atoms. The van der Waals surface area contributed by atoms with Gasteiger partial charge in [-0.25, -0.2) is 0 Å². The van der Waals surface area contributed by atoms with Crippen LogP contribution in [0, 0.1) is 0 Å². The fourth-order valence-corrected chi connectivity index (χ4v) is 3.49. The average Bonchev–Trinajstić information content (AvgIpc) is 3.18. The summed E-state index contributed by atoms with van der Waals surface area (Å²) in [5.41, 5.74) is 0.888. The van der Waals surface area contributed by atoms with Gasteiger partial charge < -0.3 is 20.1 Å². The minimum atomic E-state index is 0. The maximum absolute atomic E-state index is 5.92. The van der Waals surface area contributed by atoms with E-state index in [9.17, 15) is 0 Å². The predicted octanol–water partition coefficient (Wildman–Crippen LogP) is 3.59. The lowest BCUT2D eigenvalue weighted by Gasteiger charge is -2.32. The third kappa shape index (κ3) is 7.42. The van der Waals surface area contributed by atoms with Crippen molar-refractivity contribution in [2.75, 3.05) is 33.2 Å². The Balaban J connectivity index is 0.00000300. The minimum Gasteiger partial charge on any atom is -0.356 e. The average molecular weight is 533 g/mol. The molecule has 2 aromatic rings. The second-order valence-electron chi connectivity index (χ2n) is 7.03. The molecule has 7 nitrogen and oxygen atoms in total. The van der Waals surface area contributed by atoms with Gasteiger partial charge in [0.2, 0.25) is 11.7 Å². The van der Waals surface area contributed by atoms with Crippen molar-refractivity contribution in [3.8, 4) is 11.4 Å². The predicted molar refractivity (Wildman–Crippen MR) is 128 cm³/mol. The lowest BCUT2D eigenvalue weighted by molar-refractivity contribution is 0.206. The number of hydrogen-bond acceptors (Lipinski definition) is 5. The van der Waals surface area contributed by atoms with Gasteiger partial charge in [-0.05, 0) is 50.1 Å². The van der Waals surface area contributed by atoms with Crippen molar-refractivity contribution in [2.45, 2.75) is 38.6 Å². The van der Waals surface area contributed by atoms with Gasteiger partial charge in [0.1, 0.15) is 0 Å². The number of aliphatic imine (C=N–C) groups is 1. The molecular formula is C20H30ClIN6O. The van der Waals surface area contributed by atoms with Crippen LogP contribution in [0.2, 0.25) is 5.02 Å². The van der Waals surface area contributed by atoms with Crippen molar-refractivity contribution in [2.24, 2.45) is 4.99 Å². The van der Waals surface area contributed by atoms with E-state index in [4.69, 9.17) is 16.1 Å². The zero-order valence-corrected chi connectivity index (χ0v) is 20.1. The van der Waals surface area contributed by atoms with Gasteiger partial charge in [-0.1, -0.05) is 23.7 Å². The van der Waals surface area contributed by atoms with E-state index in [1.165, 1.54) is 13.0 Å². The number of guanidine groups is 1. The summed E-state index contributed by atoms with van der Waals surface area (Å²) in [6.07, 6.45) is 4.15. The number of halogens is 2. The van der Waals surface area contributed by atoms with Crippen molar-refractivity contribution >= 4 is 41.5 Å². The molecule has 0 spiro atoms. The standard InChI is InChI=1S/C20H29ClN6O.HI/c1-3-12-27-13-9-17(10-14-27)24-20(22-2)23-11-8-18-25-19(26-28-18)15-4-6-16(21)7-5-15;/h4-7,17H,3,8-14H2,1-2H3,(H2,22,23,24);1H. The van der Waals surface area contributed by atoms with Gasteiger partial charge >= 0.3 is 0 Å². The monoisotopic (exact) mass is 532 g/mol. The topological polar surface area (TPSA) is 78.6 Å². The first-order valence-corrected chi connectivity index (χ1v) is 10.3. The molecule has 0 saturated carbocycles. The third-order valence-corrected chi connectivity index (χ3v) is 5.15. The van der Waals surface area contributed by atoms with E-state index in [1.54, 1.807) is 7.05 Å². The number of nitrogens with one attached hydrogen (secondary N) is 2. The Hall–Kier alpha value is -1.39. The van der Waals surface area contributed by atoms with Gasteiger partial charge in [-0.2, -0.15) is 4.98 Å². The summed E-state index contributed by atoms with van der Waals surface area (Å²) in [5.74, 6) is 2.00. The highest BCUT2D eigenvalue weighted by atomic mass is 127. The van der Waals surface area contributed by atoms with Crippen molar-refractivity contribution in [1.29, 1.82) is 0 Å². The third-order valence-electron chi connectivity index (χ3n) is 4.89. The zero-order valence-electron chi connectivity index (χ0n) is 17.0. The summed E-state index contributed by atoms with van der Waals surface area (Å²) in [6, 6.07) is 7.87. The van der Waals surface area contributed by atoms with E-state index in [1.807, 2.05) is 24.3 Å². The van der Waals surface area contributed by atoms with E-state index in [0.29, 0.717) is 35.7 Å². The Morgan fingerprint density at radius 2 is 2.00 bits per heavy atom. The highest BCUT2D eigenvalue weighted by Crippen LogP contribution is 2.18. The molecule has 9 heteroatoms. The smallest absolute Gasteiger partial charge is 0.228 e. The van der Waals surface area contributed by atoms with Gasteiger partial charge in [0.25, 0.3) is 0 Å². The van der Waals surface area contributed by atoms with Crippen molar-refractivity contribution in [1.82, 2.24) is 25.7 Å². The molecule has 0 aliphatic carbocycles. The van der Waals surface area contributed by atoms with Gasteiger partial charge in [0.15, 0.2) is 5.96 Å². The summed E-state index contributed by atoms with van der Waals surface area (Å²) in [5, 5.41) is 11.6. The number of rotatable bonds is 7. The van der Waals surface area contributed by atoms with Gasteiger partial charge in [-0.3, -0.25) is 4.99 Å². The largest absolute Gasteiger partial charge is 0.356 e. The second kappa shape index (κ2) is 12.3. The fraction of sp³-hybridized carbons (Fsp3) is 0.550. The first kappa shape index (κ1) is 23.9. The summed E-state index contributed by atoms with van der Waals surface area (Å²) in [4.78, 5) is 11.3. The summed E-state index contributed by atoms with van der Waals surface area (Å²) in [7, 11) is 1.80. The number of nitrogens with zero attached hydrogens (tertiary/aromatic N) is 4. The number of likely N-dealkylation sites (tertiary alicyclic amines) is 1. The quantitative estimate of drug-likeness (QED) is 0.322. The number of benzene rings is 1. The number of hydrogen-bond donors (Lipinski definition) is 2. The van der Waals surface area contributed by atoms with Crippen LogP contribution in [0.3, 0.4) is 0 Å². The second-order valence-corrected chi connectivity index (χ2v) is 7.46. The normalized spacial score (nSPS) is 15.8. The highest BCUT2D eigenvalue weighted by Gasteiger charge is 2.19. The number of aromatic nitrogens is 2. The lowest BCUT2D eigenvalue weighted by Crippen LogP contribution is -2.49. The lowest BCUT2D eigenvalue weighted by atomic mass is 10.1. The van der Waals surface area contributed by atoms with Gasteiger partial charge in [0.05, 0.1) is 0 Å². The molecule has 1 aliphatic heterocycles. The van der Waals surface area contributed by atoms with Crippen LogP contribution in [-0.2, 0) is 6.42 Å². The molecule has 0 atom stereocenters. The molecule has 0 amide bonds. The SMILES string of the molecule is CCCN1CCC(NC(=NC)NCCc2nc(-c3ccc(Cl)cc3)no2)CC1.I. The Morgan fingerprint density at radius 1 is 1.28 bits per heavy atom. The molecule has 160 valence electrons. The summed E-state index contributed by atoms with van der Waals surface area (Å²) < 4.78 is 5.35. The maximum Gasteiger partial charge on any atom is 0.228 e. The van der Waals surface area contributed by atoms with Crippen LogP contribution in [0.25, 0.3) is 11.4 Å². The number of piperidine rings is 1. The van der Waals surface area contributed by atoms with E-state index < -0.39 is 0 Å². The van der Waals surface area contributed by atoms with Crippen LogP contribution in [0.1, 0.15) is 32.1 Å². The molecule has 29 heavy (non-hydrogen) atoms. The van der Waals surface area contributed by atoms with E-state index in [-0.39, 0.29) is 24.0 Å². The Kier molecular flexibility index (Phi) is 10.2. The fourth-order valence-electron chi connectivity index (χ4n) is 3.37. The van der Waals surface area contributed by atoms with Crippen LogP contribution in [0.15, 0.2) is 33.8 Å². The van der Waals surface area contributed by atoms with E-state index in [0.717, 1.165) is 37.5 Å². The molecule has 1 fully saturated rings. The Labute approximate surface area is 194 Å². The first-order valence-electron chi connectivity index (χ1n) is 9.96. The van der Waals surface area contributed by atoms with Crippen molar-refractivity contribution in [3.05, 3.63) is 35.2 Å².